The number of anilines is 1. The van der Waals surface area contributed by atoms with Gasteiger partial charge in [0.05, 0.1) is 0 Å². The molecule has 1 aromatic heterocycles. The Balaban J connectivity index is 1.22. The Morgan fingerprint density at radius 2 is 1.62 bits per heavy atom. The molecule has 0 aliphatic carbocycles. The number of nitrogens with one attached hydrogen (secondary N) is 1. The summed E-state index contributed by atoms with van der Waals surface area (Å²) >= 11 is 0. The zero-order valence-electron chi connectivity index (χ0n) is 18.2. The van der Waals surface area contributed by atoms with E-state index >= 15 is 0 Å². The highest BCUT2D eigenvalue weighted by Crippen LogP contribution is 2.19. The highest BCUT2D eigenvalue weighted by molar-refractivity contribution is 6.04. The largest absolute Gasteiger partial charge is 0.361 e. The number of carbonyl (C=O) groups is 1. The number of benzene rings is 3. The fourth-order valence-electron chi connectivity index (χ4n) is 3.58. The molecule has 3 aromatic carbocycles. The number of carbonyl (C=O) groups excluding carboxylic acids is 1. The third-order valence-electron chi connectivity index (χ3n) is 5.29. The molecule has 162 valence electrons. The third-order valence-corrected chi connectivity index (χ3v) is 5.29. The Kier molecular flexibility index (Phi) is 7.10. The molecular formula is C27H27N3O2. The predicted octanol–water partition coefficient (Wildman–Crippen LogP) is 5.66. The van der Waals surface area contributed by atoms with Crippen molar-refractivity contribution in [3.8, 4) is 11.3 Å². The molecular weight excluding hydrogens is 398 g/mol. The number of rotatable bonds is 9. The highest BCUT2D eigenvalue weighted by atomic mass is 16.5. The van der Waals surface area contributed by atoms with E-state index in [9.17, 15) is 4.79 Å². The van der Waals surface area contributed by atoms with Crippen LogP contribution in [0.2, 0.25) is 0 Å². The van der Waals surface area contributed by atoms with Gasteiger partial charge in [-0.15, -0.1) is 0 Å². The number of aromatic nitrogens is 1. The topological polar surface area (TPSA) is 58.4 Å². The molecule has 1 N–H and O–H groups in total. The Bertz CT molecular complexity index is 1120. The highest BCUT2D eigenvalue weighted by Gasteiger charge is 2.09. The lowest BCUT2D eigenvalue weighted by molar-refractivity contribution is 0.102. The van der Waals surface area contributed by atoms with E-state index in [4.69, 9.17) is 4.52 Å². The second-order valence-corrected chi connectivity index (χ2v) is 7.90. The Morgan fingerprint density at radius 1 is 0.938 bits per heavy atom. The first-order chi connectivity index (χ1) is 15.7. The van der Waals surface area contributed by atoms with Gasteiger partial charge in [-0.05, 0) is 49.8 Å². The van der Waals surface area contributed by atoms with E-state index in [0.717, 1.165) is 48.6 Å². The number of amides is 1. The lowest BCUT2D eigenvalue weighted by atomic mass is 10.1. The van der Waals surface area contributed by atoms with E-state index in [1.165, 1.54) is 5.56 Å². The summed E-state index contributed by atoms with van der Waals surface area (Å²) in [5.74, 6) is 0.809. The second kappa shape index (κ2) is 10.6. The Morgan fingerprint density at radius 3 is 2.34 bits per heavy atom. The molecule has 0 spiro atoms. The van der Waals surface area contributed by atoms with Crippen molar-refractivity contribution in [2.45, 2.75) is 19.4 Å². The van der Waals surface area contributed by atoms with Crippen LogP contribution in [-0.4, -0.2) is 29.6 Å². The number of hydrogen-bond donors (Lipinski definition) is 1. The molecule has 0 fully saturated rings. The summed E-state index contributed by atoms with van der Waals surface area (Å²) in [5, 5.41) is 7.09. The molecule has 4 aromatic rings. The van der Waals surface area contributed by atoms with E-state index in [0.29, 0.717) is 5.56 Å². The minimum atomic E-state index is -0.0990. The molecule has 0 atom stereocenters. The number of nitrogens with zero attached hydrogens (tertiary/aromatic N) is 2. The average Bonchev–Trinajstić information content (AvgIpc) is 3.30. The molecule has 1 amide bonds. The number of aryl methyl sites for hydroxylation is 1. The van der Waals surface area contributed by atoms with Crippen LogP contribution in [0, 0.1) is 0 Å². The predicted molar refractivity (Wildman–Crippen MR) is 127 cm³/mol. The summed E-state index contributed by atoms with van der Waals surface area (Å²) in [6.45, 7) is 1.77. The van der Waals surface area contributed by atoms with Crippen LogP contribution in [-0.2, 0) is 13.0 Å². The van der Waals surface area contributed by atoms with E-state index in [-0.39, 0.29) is 5.91 Å². The number of hydrogen-bond acceptors (Lipinski definition) is 4. The van der Waals surface area contributed by atoms with Gasteiger partial charge in [0.15, 0.2) is 0 Å². The van der Waals surface area contributed by atoms with Gasteiger partial charge in [-0.2, -0.15) is 0 Å². The first kappa shape index (κ1) is 21.5. The SMILES string of the molecule is CN(CCCc1cc(-c2ccccc2)no1)Cc1ccc(C(=O)Nc2ccccc2)cc1. The standard InChI is InChI=1S/C27H27N3O2/c1-30(18-8-13-25-19-26(29-32-25)22-9-4-2-5-10-22)20-21-14-16-23(17-15-21)27(31)28-24-11-6-3-7-12-24/h2-7,9-12,14-17,19H,8,13,18,20H2,1H3,(H,28,31). The van der Waals surface area contributed by atoms with E-state index in [2.05, 4.69) is 22.4 Å². The Labute approximate surface area is 188 Å². The van der Waals surface area contributed by atoms with Gasteiger partial charge in [-0.25, -0.2) is 0 Å². The van der Waals surface area contributed by atoms with Crippen molar-refractivity contribution in [2.24, 2.45) is 0 Å². The summed E-state index contributed by atoms with van der Waals surface area (Å²) in [6.07, 6.45) is 1.83. The van der Waals surface area contributed by atoms with Crippen molar-refractivity contribution < 1.29 is 9.32 Å². The number of para-hydroxylation sites is 1. The minimum Gasteiger partial charge on any atom is -0.361 e. The summed E-state index contributed by atoms with van der Waals surface area (Å²) in [5.41, 5.74) is 4.57. The van der Waals surface area contributed by atoms with Gasteiger partial charge in [0.2, 0.25) is 0 Å². The molecule has 4 rings (SSSR count). The van der Waals surface area contributed by atoms with Crippen LogP contribution < -0.4 is 5.32 Å². The van der Waals surface area contributed by atoms with Gasteiger partial charge in [0.1, 0.15) is 11.5 Å². The minimum absolute atomic E-state index is 0.0990. The van der Waals surface area contributed by atoms with Gasteiger partial charge in [-0.1, -0.05) is 65.8 Å². The van der Waals surface area contributed by atoms with E-state index < -0.39 is 0 Å². The van der Waals surface area contributed by atoms with Gasteiger partial charge >= 0.3 is 0 Å². The lowest BCUT2D eigenvalue weighted by Gasteiger charge is -2.16. The molecule has 0 unspecified atom stereocenters. The van der Waals surface area contributed by atoms with Crippen molar-refractivity contribution in [3.63, 3.8) is 0 Å². The summed E-state index contributed by atoms with van der Waals surface area (Å²) in [6, 6.07) is 29.3. The molecule has 32 heavy (non-hydrogen) atoms. The van der Waals surface area contributed by atoms with Crippen molar-refractivity contribution >= 4 is 11.6 Å². The van der Waals surface area contributed by atoms with E-state index in [1.54, 1.807) is 0 Å². The van der Waals surface area contributed by atoms with Crippen LogP contribution >= 0.6 is 0 Å². The third kappa shape index (κ3) is 5.93. The van der Waals surface area contributed by atoms with Crippen LogP contribution in [0.3, 0.4) is 0 Å². The zero-order valence-corrected chi connectivity index (χ0v) is 18.2. The molecule has 0 saturated carbocycles. The van der Waals surface area contributed by atoms with Crippen LogP contribution in [0.4, 0.5) is 5.69 Å². The van der Waals surface area contributed by atoms with Crippen LogP contribution in [0.25, 0.3) is 11.3 Å². The summed E-state index contributed by atoms with van der Waals surface area (Å²) in [4.78, 5) is 14.7. The lowest BCUT2D eigenvalue weighted by Crippen LogP contribution is -2.19. The monoisotopic (exact) mass is 425 g/mol. The normalized spacial score (nSPS) is 10.9. The summed E-state index contributed by atoms with van der Waals surface area (Å²) in [7, 11) is 2.10. The van der Waals surface area contributed by atoms with Crippen molar-refractivity contribution in [1.29, 1.82) is 0 Å². The smallest absolute Gasteiger partial charge is 0.255 e. The molecule has 1 heterocycles. The maximum Gasteiger partial charge on any atom is 0.255 e. The van der Waals surface area contributed by atoms with Gasteiger partial charge in [0.25, 0.3) is 5.91 Å². The first-order valence-electron chi connectivity index (χ1n) is 10.8. The van der Waals surface area contributed by atoms with Crippen molar-refractivity contribution in [1.82, 2.24) is 10.1 Å². The van der Waals surface area contributed by atoms with Gasteiger partial charge in [0, 0.05) is 35.8 Å². The molecule has 0 bridgehead atoms. The quantitative estimate of drug-likeness (QED) is 0.376. The molecule has 5 heteroatoms. The second-order valence-electron chi connectivity index (χ2n) is 7.90. The van der Waals surface area contributed by atoms with E-state index in [1.807, 2.05) is 91.0 Å². The van der Waals surface area contributed by atoms with Crippen molar-refractivity contribution in [2.75, 3.05) is 18.9 Å². The first-order valence-corrected chi connectivity index (χ1v) is 10.8. The zero-order chi connectivity index (χ0) is 22.2. The van der Waals surface area contributed by atoms with Crippen LogP contribution in [0.1, 0.15) is 28.1 Å². The maximum atomic E-state index is 12.4. The Hall–Kier alpha value is -3.70. The van der Waals surface area contributed by atoms with Crippen LogP contribution in [0.5, 0.6) is 0 Å². The molecule has 0 radical (unpaired) electrons. The molecule has 0 aliphatic rings. The molecule has 0 aliphatic heterocycles. The van der Waals surface area contributed by atoms with Crippen molar-refractivity contribution in [3.05, 3.63) is 108 Å². The fraction of sp³-hybridized carbons (Fsp3) is 0.185. The molecule has 0 saturated heterocycles. The summed E-state index contributed by atoms with van der Waals surface area (Å²) < 4.78 is 5.49. The van der Waals surface area contributed by atoms with Gasteiger partial charge < -0.3 is 14.7 Å². The average molecular weight is 426 g/mol. The van der Waals surface area contributed by atoms with Crippen LogP contribution in [0.15, 0.2) is 95.5 Å². The fourth-order valence-corrected chi connectivity index (χ4v) is 3.58. The van der Waals surface area contributed by atoms with Gasteiger partial charge in [-0.3, -0.25) is 4.79 Å². The molecule has 5 nitrogen and oxygen atoms in total. The maximum absolute atomic E-state index is 12.4.